The van der Waals surface area contributed by atoms with Gasteiger partial charge in [-0.25, -0.2) is 4.98 Å². The number of carbonyl (C=O) groups excluding carboxylic acids is 1. The molecule has 0 saturated carbocycles. The van der Waals surface area contributed by atoms with Gasteiger partial charge in [-0.1, -0.05) is 30.3 Å². The second-order valence-electron chi connectivity index (χ2n) is 4.27. The molecule has 0 fully saturated rings. The molecule has 4 heteroatoms. The second kappa shape index (κ2) is 6.00. The maximum atomic E-state index is 12.4. The molecule has 19 heavy (non-hydrogen) atoms. The Morgan fingerprint density at radius 2 is 2.00 bits per heavy atom. The average molecular weight is 255 g/mol. The Hall–Kier alpha value is -2.36. The Labute approximate surface area is 112 Å². The van der Waals surface area contributed by atoms with E-state index in [0.29, 0.717) is 24.5 Å². The van der Waals surface area contributed by atoms with E-state index in [9.17, 15) is 4.79 Å². The fourth-order valence-corrected chi connectivity index (χ4v) is 1.89. The van der Waals surface area contributed by atoms with Gasteiger partial charge in [0.05, 0.1) is 0 Å². The predicted octanol–water partition coefficient (Wildman–Crippen LogP) is 2.33. The molecule has 0 unspecified atom stereocenters. The highest BCUT2D eigenvalue weighted by molar-refractivity contribution is 5.94. The van der Waals surface area contributed by atoms with E-state index in [0.717, 1.165) is 5.56 Å². The number of carbonyl (C=O) groups is 1. The van der Waals surface area contributed by atoms with Crippen LogP contribution in [0.15, 0.2) is 48.7 Å². The standard InChI is InChI=1S/C15H17N3O/c1-2-18(11-12-6-4-3-5-7-12)15(19)13-8-9-17-14(16)10-13/h3-10H,2,11H2,1H3,(H2,16,17). The molecule has 0 atom stereocenters. The van der Waals surface area contributed by atoms with Gasteiger partial charge in [-0.15, -0.1) is 0 Å². The van der Waals surface area contributed by atoms with E-state index < -0.39 is 0 Å². The van der Waals surface area contributed by atoms with Crippen LogP contribution < -0.4 is 5.73 Å². The quantitative estimate of drug-likeness (QED) is 0.912. The van der Waals surface area contributed by atoms with Crippen LogP contribution in [-0.2, 0) is 6.54 Å². The van der Waals surface area contributed by atoms with Gasteiger partial charge in [0.25, 0.3) is 5.91 Å². The normalized spacial score (nSPS) is 10.2. The van der Waals surface area contributed by atoms with Crippen molar-refractivity contribution >= 4 is 11.7 Å². The molecule has 0 aliphatic rings. The molecule has 0 aliphatic carbocycles. The highest BCUT2D eigenvalue weighted by Crippen LogP contribution is 2.11. The van der Waals surface area contributed by atoms with Crippen molar-refractivity contribution in [3.05, 3.63) is 59.8 Å². The van der Waals surface area contributed by atoms with Crippen molar-refractivity contribution in [2.75, 3.05) is 12.3 Å². The number of pyridine rings is 1. The summed E-state index contributed by atoms with van der Waals surface area (Å²) in [6, 6.07) is 13.2. The lowest BCUT2D eigenvalue weighted by Crippen LogP contribution is -2.30. The Kier molecular flexibility index (Phi) is 4.13. The third-order valence-electron chi connectivity index (χ3n) is 2.91. The Morgan fingerprint density at radius 1 is 1.26 bits per heavy atom. The fraction of sp³-hybridized carbons (Fsp3) is 0.200. The van der Waals surface area contributed by atoms with Crippen LogP contribution in [0.3, 0.4) is 0 Å². The van der Waals surface area contributed by atoms with Crippen LogP contribution >= 0.6 is 0 Å². The number of nitrogen functional groups attached to an aromatic ring is 1. The highest BCUT2D eigenvalue weighted by Gasteiger charge is 2.14. The molecule has 0 bridgehead atoms. The number of nitrogens with two attached hydrogens (primary N) is 1. The number of hydrogen-bond acceptors (Lipinski definition) is 3. The molecule has 1 aromatic heterocycles. The van der Waals surface area contributed by atoms with Crippen LogP contribution in [0.2, 0.25) is 0 Å². The van der Waals surface area contributed by atoms with Crippen molar-refractivity contribution in [2.45, 2.75) is 13.5 Å². The first-order valence-electron chi connectivity index (χ1n) is 6.25. The van der Waals surface area contributed by atoms with Gasteiger partial charge in [0.2, 0.25) is 0 Å². The summed E-state index contributed by atoms with van der Waals surface area (Å²) >= 11 is 0. The van der Waals surface area contributed by atoms with E-state index in [2.05, 4.69) is 4.98 Å². The Morgan fingerprint density at radius 3 is 2.63 bits per heavy atom. The molecule has 0 radical (unpaired) electrons. The Balaban J connectivity index is 2.16. The molecular formula is C15H17N3O. The van der Waals surface area contributed by atoms with Crippen molar-refractivity contribution in [2.24, 2.45) is 0 Å². The summed E-state index contributed by atoms with van der Waals surface area (Å²) in [5.74, 6) is 0.335. The number of anilines is 1. The lowest BCUT2D eigenvalue weighted by molar-refractivity contribution is 0.0752. The number of rotatable bonds is 4. The van der Waals surface area contributed by atoms with Crippen molar-refractivity contribution in [1.82, 2.24) is 9.88 Å². The predicted molar refractivity (Wildman–Crippen MR) is 75.5 cm³/mol. The van der Waals surface area contributed by atoms with Gasteiger partial charge in [-0.2, -0.15) is 0 Å². The topological polar surface area (TPSA) is 59.2 Å². The lowest BCUT2D eigenvalue weighted by atomic mass is 10.2. The SMILES string of the molecule is CCN(Cc1ccccc1)C(=O)c1ccnc(N)c1. The molecule has 1 aromatic carbocycles. The molecule has 0 aliphatic heterocycles. The van der Waals surface area contributed by atoms with Gasteiger partial charge in [0.1, 0.15) is 5.82 Å². The summed E-state index contributed by atoms with van der Waals surface area (Å²) in [6.07, 6.45) is 1.55. The summed E-state index contributed by atoms with van der Waals surface area (Å²) < 4.78 is 0. The maximum absolute atomic E-state index is 12.4. The molecule has 1 amide bonds. The Bertz CT molecular complexity index is 554. The van der Waals surface area contributed by atoms with Crippen LogP contribution in [0, 0.1) is 0 Å². The largest absolute Gasteiger partial charge is 0.384 e. The molecule has 2 rings (SSSR count). The minimum absolute atomic E-state index is 0.0274. The van der Waals surface area contributed by atoms with Gasteiger partial charge < -0.3 is 10.6 Å². The molecular weight excluding hydrogens is 238 g/mol. The lowest BCUT2D eigenvalue weighted by Gasteiger charge is -2.21. The molecule has 0 saturated heterocycles. The molecule has 4 nitrogen and oxygen atoms in total. The highest BCUT2D eigenvalue weighted by atomic mass is 16.2. The third-order valence-corrected chi connectivity index (χ3v) is 2.91. The van der Waals surface area contributed by atoms with Crippen LogP contribution in [0.1, 0.15) is 22.8 Å². The fourth-order valence-electron chi connectivity index (χ4n) is 1.89. The van der Waals surface area contributed by atoms with Crippen molar-refractivity contribution in [3.63, 3.8) is 0 Å². The second-order valence-corrected chi connectivity index (χ2v) is 4.27. The van der Waals surface area contributed by atoms with Gasteiger partial charge in [0, 0.05) is 24.8 Å². The molecule has 98 valence electrons. The van der Waals surface area contributed by atoms with E-state index >= 15 is 0 Å². The minimum Gasteiger partial charge on any atom is -0.384 e. The van der Waals surface area contributed by atoms with Gasteiger partial charge >= 0.3 is 0 Å². The van der Waals surface area contributed by atoms with Gasteiger partial charge in [0.15, 0.2) is 0 Å². The van der Waals surface area contributed by atoms with E-state index in [1.54, 1.807) is 23.2 Å². The van der Waals surface area contributed by atoms with E-state index in [1.165, 1.54) is 0 Å². The number of hydrogen-bond donors (Lipinski definition) is 1. The molecule has 0 spiro atoms. The smallest absolute Gasteiger partial charge is 0.254 e. The number of amides is 1. The minimum atomic E-state index is -0.0274. The number of benzene rings is 1. The zero-order valence-corrected chi connectivity index (χ0v) is 10.9. The monoisotopic (exact) mass is 255 g/mol. The summed E-state index contributed by atoms with van der Waals surface area (Å²) in [4.78, 5) is 18.1. The first-order valence-corrected chi connectivity index (χ1v) is 6.25. The summed E-state index contributed by atoms with van der Waals surface area (Å²) in [5.41, 5.74) is 7.29. The van der Waals surface area contributed by atoms with Crippen LogP contribution in [-0.4, -0.2) is 22.3 Å². The zero-order valence-electron chi connectivity index (χ0n) is 10.9. The van der Waals surface area contributed by atoms with Gasteiger partial charge in [-0.05, 0) is 24.6 Å². The van der Waals surface area contributed by atoms with Crippen LogP contribution in [0.4, 0.5) is 5.82 Å². The summed E-state index contributed by atoms with van der Waals surface area (Å²) in [6.45, 7) is 3.21. The van der Waals surface area contributed by atoms with Crippen molar-refractivity contribution in [1.29, 1.82) is 0 Å². The number of nitrogens with zero attached hydrogens (tertiary/aromatic N) is 2. The maximum Gasteiger partial charge on any atom is 0.254 e. The van der Waals surface area contributed by atoms with E-state index in [4.69, 9.17) is 5.73 Å². The van der Waals surface area contributed by atoms with E-state index in [-0.39, 0.29) is 5.91 Å². The van der Waals surface area contributed by atoms with E-state index in [1.807, 2.05) is 37.3 Å². The molecule has 1 heterocycles. The summed E-state index contributed by atoms with van der Waals surface area (Å²) in [5, 5.41) is 0. The number of aromatic nitrogens is 1. The van der Waals surface area contributed by atoms with Crippen molar-refractivity contribution in [3.8, 4) is 0 Å². The summed E-state index contributed by atoms with van der Waals surface area (Å²) in [7, 11) is 0. The van der Waals surface area contributed by atoms with Crippen LogP contribution in [0.5, 0.6) is 0 Å². The third kappa shape index (κ3) is 3.31. The first-order chi connectivity index (χ1) is 9.20. The molecule has 2 N–H and O–H groups in total. The van der Waals surface area contributed by atoms with Gasteiger partial charge in [-0.3, -0.25) is 4.79 Å². The average Bonchev–Trinajstić information content (AvgIpc) is 2.45. The molecule has 2 aromatic rings. The van der Waals surface area contributed by atoms with Crippen molar-refractivity contribution < 1.29 is 4.79 Å². The zero-order chi connectivity index (χ0) is 13.7. The van der Waals surface area contributed by atoms with Crippen LogP contribution in [0.25, 0.3) is 0 Å². The first kappa shape index (κ1) is 13.1.